The fraction of sp³-hybridized carbons (Fsp3) is 0.417. The first-order valence-electron chi connectivity index (χ1n) is 5.48. The average molecular weight is 272 g/mol. The molecule has 92 valence electrons. The second kappa shape index (κ2) is 5.19. The lowest BCUT2D eigenvalue weighted by atomic mass is 9.95. The largest absolute Gasteiger partial charge is 0.479 e. The molecule has 0 aliphatic carbocycles. The molecular formula is C12H14ClNO2S. The molecule has 17 heavy (non-hydrogen) atoms. The van der Waals surface area contributed by atoms with Gasteiger partial charge in [0.05, 0.1) is 10.7 Å². The van der Waals surface area contributed by atoms with Crippen molar-refractivity contribution in [2.45, 2.75) is 18.4 Å². The third kappa shape index (κ3) is 2.69. The number of thioether (sulfide) groups is 1. The normalized spacial score (nSPS) is 24.3. The first-order valence-corrected chi connectivity index (χ1v) is 7.01. The minimum absolute atomic E-state index is 0.559. The maximum absolute atomic E-state index is 11.5. The topological polar surface area (TPSA) is 49.3 Å². The Balaban J connectivity index is 2.24. The molecule has 1 aromatic rings. The van der Waals surface area contributed by atoms with Crippen LogP contribution < -0.4 is 5.32 Å². The van der Waals surface area contributed by atoms with E-state index in [0.29, 0.717) is 22.9 Å². The highest BCUT2D eigenvalue weighted by Crippen LogP contribution is 2.33. The summed E-state index contributed by atoms with van der Waals surface area (Å²) in [4.78, 5) is 11.5. The van der Waals surface area contributed by atoms with Gasteiger partial charge in [-0.1, -0.05) is 23.7 Å². The summed E-state index contributed by atoms with van der Waals surface area (Å²) in [7, 11) is 0. The number of nitrogens with one attached hydrogen (secondary N) is 1. The van der Waals surface area contributed by atoms with Gasteiger partial charge in [-0.05, 0) is 30.7 Å². The van der Waals surface area contributed by atoms with Crippen LogP contribution in [0.2, 0.25) is 5.02 Å². The minimum atomic E-state index is -0.881. The molecule has 1 fully saturated rings. The fourth-order valence-electron chi connectivity index (χ4n) is 1.94. The van der Waals surface area contributed by atoms with Gasteiger partial charge in [0, 0.05) is 5.75 Å². The van der Waals surface area contributed by atoms with Gasteiger partial charge in [0.1, 0.15) is 5.54 Å². The van der Waals surface area contributed by atoms with E-state index in [4.69, 9.17) is 11.6 Å². The Bertz CT molecular complexity index is 419. The molecule has 1 aromatic carbocycles. The molecule has 2 rings (SSSR count). The molecule has 0 aromatic heterocycles. The van der Waals surface area contributed by atoms with E-state index < -0.39 is 11.5 Å². The number of aliphatic carboxylic acids is 1. The zero-order valence-electron chi connectivity index (χ0n) is 9.28. The second-order valence-corrected chi connectivity index (χ2v) is 5.66. The van der Waals surface area contributed by atoms with Crippen LogP contribution in [0.4, 0.5) is 5.69 Å². The van der Waals surface area contributed by atoms with E-state index in [0.717, 1.165) is 12.2 Å². The summed E-state index contributed by atoms with van der Waals surface area (Å²) in [5, 5.41) is 13.1. The first-order chi connectivity index (χ1) is 8.14. The Labute approximate surface area is 110 Å². The fourth-order valence-corrected chi connectivity index (χ4v) is 3.30. The average Bonchev–Trinajstić information content (AvgIpc) is 2.33. The Kier molecular flexibility index (Phi) is 3.84. The first kappa shape index (κ1) is 12.6. The van der Waals surface area contributed by atoms with Gasteiger partial charge in [-0.15, -0.1) is 0 Å². The Morgan fingerprint density at radius 2 is 2.24 bits per heavy atom. The van der Waals surface area contributed by atoms with Crippen molar-refractivity contribution in [3.8, 4) is 0 Å². The van der Waals surface area contributed by atoms with Crippen molar-refractivity contribution in [3.05, 3.63) is 29.3 Å². The number of hydrogen-bond donors (Lipinski definition) is 2. The molecule has 0 amide bonds. The molecule has 1 unspecified atom stereocenters. The maximum atomic E-state index is 11.5. The minimum Gasteiger partial charge on any atom is -0.479 e. The van der Waals surface area contributed by atoms with E-state index in [2.05, 4.69) is 5.32 Å². The second-order valence-electron chi connectivity index (χ2n) is 4.15. The summed E-state index contributed by atoms with van der Waals surface area (Å²) in [6, 6.07) is 7.25. The number of benzene rings is 1. The van der Waals surface area contributed by atoms with Crippen molar-refractivity contribution < 1.29 is 9.90 Å². The van der Waals surface area contributed by atoms with Crippen LogP contribution in [0.15, 0.2) is 24.3 Å². The van der Waals surface area contributed by atoms with Gasteiger partial charge in [0.25, 0.3) is 0 Å². The zero-order chi connectivity index (χ0) is 12.3. The van der Waals surface area contributed by atoms with Crippen molar-refractivity contribution >= 4 is 35.0 Å². The van der Waals surface area contributed by atoms with Crippen LogP contribution in [-0.2, 0) is 4.79 Å². The molecule has 5 heteroatoms. The molecule has 1 atom stereocenters. The van der Waals surface area contributed by atoms with Crippen LogP contribution in [0.25, 0.3) is 0 Å². The summed E-state index contributed by atoms with van der Waals surface area (Å²) in [6.07, 6.45) is 1.55. The van der Waals surface area contributed by atoms with E-state index in [1.165, 1.54) is 0 Å². The lowest BCUT2D eigenvalue weighted by Crippen LogP contribution is -2.50. The van der Waals surface area contributed by atoms with Gasteiger partial charge in [-0.3, -0.25) is 0 Å². The van der Waals surface area contributed by atoms with Gasteiger partial charge in [-0.25, -0.2) is 4.79 Å². The van der Waals surface area contributed by atoms with E-state index >= 15 is 0 Å². The number of anilines is 1. The molecule has 2 N–H and O–H groups in total. The number of carboxylic acids is 1. The summed E-state index contributed by atoms with van der Waals surface area (Å²) < 4.78 is 0. The Morgan fingerprint density at radius 3 is 2.82 bits per heavy atom. The molecular weight excluding hydrogens is 258 g/mol. The summed E-state index contributed by atoms with van der Waals surface area (Å²) in [5.41, 5.74) is -0.187. The smallest absolute Gasteiger partial charge is 0.330 e. The Morgan fingerprint density at radius 1 is 1.47 bits per heavy atom. The van der Waals surface area contributed by atoms with Crippen molar-refractivity contribution in [1.29, 1.82) is 0 Å². The van der Waals surface area contributed by atoms with Gasteiger partial charge in [-0.2, -0.15) is 11.8 Å². The lowest BCUT2D eigenvalue weighted by molar-refractivity contribution is -0.141. The van der Waals surface area contributed by atoms with Crippen LogP contribution in [0, 0.1) is 0 Å². The molecule has 0 radical (unpaired) electrons. The zero-order valence-corrected chi connectivity index (χ0v) is 10.9. The SMILES string of the molecule is O=C(O)C1(Nc2ccccc2Cl)CCCSC1. The number of hydrogen-bond acceptors (Lipinski definition) is 3. The number of para-hydroxylation sites is 1. The number of halogens is 1. The van der Waals surface area contributed by atoms with Gasteiger partial charge < -0.3 is 10.4 Å². The summed E-state index contributed by atoms with van der Waals surface area (Å²) >= 11 is 7.72. The highest BCUT2D eigenvalue weighted by molar-refractivity contribution is 7.99. The number of carbonyl (C=O) groups is 1. The van der Waals surface area contributed by atoms with E-state index in [-0.39, 0.29) is 0 Å². The van der Waals surface area contributed by atoms with E-state index in [9.17, 15) is 9.90 Å². The maximum Gasteiger partial charge on any atom is 0.330 e. The molecule has 0 saturated carbocycles. The predicted molar refractivity (Wildman–Crippen MR) is 72.0 cm³/mol. The molecule has 0 spiro atoms. The summed E-state index contributed by atoms with van der Waals surface area (Å²) in [5.74, 6) is 0.803. The van der Waals surface area contributed by atoms with E-state index in [1.807, 2.05) is 18.2 Å². The van der Waals surface area contributed by atoms with Crippen LogP contribution in [0.3, 0.4) is 0 Å². The van der Waals surface area contributed by atoms with Crippen molar-refractivity contribution in [3.63, 3.8) is 0 Å². The van der Waals surface area contributed by atoms with Crippen molar-refractivity contribution in [2.24, 2.45) is 0 Å². The molecule has 3 nitrogen and oxygen atoms in total. The van der Waals surface area contributed by atoms with Crippen LogP contribution in [-0.4, -0.2) is 28.1 Å². The third-order valence-electron chi connectivity index (χ3n) is 2.90. The molecule has 1 heterocycles. The summed E-state index contributed by atoms with van der Waals surface area (Å²) in [6.45, 7) is 0. The standard InChI is InChI=1S/C12H14ClNO2S/c13-9-4-1-2-5-10(9)14-12(11(15)16)6-3-7-17-8-12/h1-2,4-5,14H,3,6-8H2,(H,15,16). The van der Waals surface area contributed by atoms with Gasteiger partial charge >= 0.3 is 5.97 Å². The quantitative estimate of drug-likeness (QED) is 0.887. The van der Waals surface area contributed by atoms with Gasteiger partial charge in [0.15, 0.2) is 0 Å². The van der Waals surface area contributed by atoms with Gasteiger partial charge in [0.2, 0.25) is 0 Å². The molecule has 1 aliphatic heterocycles. The molecule has 1 aliphatic rings. The van der Waals surface area contributed by atoms with Crippen LogP contribution in [0.5, 0.6) is 0 Å². The van der Waals surface area contributed by atoms with Crippen LogP contribution >= 0.6 is 23.4 Å². The number of carboxylic acid groups (broad SMARTS) is 1. The Hall–Kier alpha value is -0.870. The highest BCUT2D eigenvalue weighted by atomic mass is 35.5. The lowest BCUT2D eigenvalue weighted by Gasteiger charge is -2.34. The molecule has 0 bridgehead atoms. The van der Waals surface area contributed by atoms with Crippen molar-refractivity contribution in [2.75, 3.05) is 16.8 Å². The van der Waals surface area contributed by atoms with Crippen LogP contribution in [0.1, 0.15) is 12.8 Å². The monoisotopic (exact) mass is 271 g/mol. The number of rotatable bonds is 3. The van der Waals surface area contributed by atoms with Crippen molar-refractivity contribution in [1.82, 2.24) is 0 Å². The molecule has 1 saturated heterocycles. The predicted octanol–water partition coefficient (Wildman–Crippen LogP) is 3.10. The third-order valence-corrected chi connectivity index (χ3v) is 4.50. The van der Waals surface area contributed by atoms with E-state index in [1.54, 1.807) is 17.8 Å². The highest BCUT2D eigenvalue weighted by Gasteiger charge is 2.40.